The summed E-state index contributed by atoms with van der Waals surface area (Å²) in [6.45, 7) is 5.34. The van der Waals surface area contributed by atoms with Gasteiger partial charge in [0.05, 0.1) is 10.2 Å². The number of aromatic amines is 1. The summed E-state index contributed by atoms with van der Waals surface area (Å²) in [6.07, 6.45) is 7.29. The maximum Gasteiger partial charge on any atom is 0.268 e. The highest BCUT2D eigenvalue weighted by molar-refractivity contribution is 7.19. The Morgan fingerprint density at radius 2 is 2.04 bits per heavy atom. The molecule has 0 atom stereocenters. The number of hydrogen-bond acceptors (Lipinski definition) is 3. The minimum Gasteiger partial charge on any atom is -0.350 e. The van der Waals surface area contributed by atoms with Crippen molar-refractivity contribution >= 4 is 27.5 Å². The summed E-state index contributed by atoms with van der Waals surface area (Å²) in [5.74, 6) is 0.0900. The molecule has 1 aliphatic heterocycles. The monoisotopic (exact) mass is 331 g/mol. The maximum absolute atomic E-state index is 12.8. The first-order valence-corrected chi connectivity index (χ1v) is 9.66. The van der Waals surface area contributed by atoms with Crippen LogP contribution in [0.2, 0.25) is 0 Å². The molecule has 2 aliphatic rings. The van der Waals surface area contributed by atoms with E-state index in [4.69, 9.17) is 0 Å². The highest BCUT2D eigenvalue weighted by atomic mass is 32.1. The molecule has 124 valence electrons. The lowest BCUT2D eigenvalue weighted by atomic mass is 10.2. The second kappa shape index (κ2) is 6.29. The second-order valence-electron chi connectivity index (χ2n) is 7.02. The third-order valence-corrected chi connectivity index (χ3v) is 6.30. The van der Waals surface area contributed by atoms with Gasteiger partial charge in [0.2, 0.25) is 0 Å². The van der Waals surface area contributed by atoms with Crippen LogP contribution in [0.5, 0.6) is 0 Å². The Hall–Kier alpha value is -1.33. The van der Waals surface area contributed by atoms with Crippen LogP contribution in [0.3, 0.4) is 0 Å². The topological polar surface area (TPSA) is 48.1 Å². The van der Waals surface area contributed by atoms with Gasteiger partial charge in [0.25, 0.3) is 5.91 Å². The molecule has 0 unspecified atom stereocenters. The standard InChI is InChI=1S/C18H25N3OS/c1-12-10-15-17(23-12)14(11-21-8-4-5-9-21)16(20-15)18(22)19-13-6-2-3-7-13/h10,13,20H,2-9,11H2,1H3,(H,19,22). The third kappa shape index (κ3) is 3.04. The molecule has 4 nitrogen and oxygen atoms in total. The van der Waals surface area contributed by atoms with E-state index in [0.29, 0.717) is 6.04 Å². The number of thiophene rings is 1. The minimum atomic E-state index is 0.0900. The van der Waals surface area contributed by atoms with Crippen molar-refractivity contribution in [3.05, 3.63) is 22.2 Å². The van der Waals surface area contributed by atoms with E-state index in [1.807, 2.05) is 0 Å². The van der Waals surface area contributed by atoms with Crippen molar-refractivity contribution in [3.63, 3.8) is 0 Å². The number of aryl methyl sites for hydroxylation is 1. The van der Waals surface area contributed by atoms with Crippen LogP contribution in [0, 0.1) is 6.92 Å². The Morgan fingerprint density at radius 3 is 2.78 bits per heavy atom. The van der Waals surface area contributed by atoms with Gasteiger partial charge in [0, 0.05) is 23.0 Å². The van der Waals surface area contributed by atoms with E-state index >= 15 is 0 Å². The fourth-order valence-electron chi connectivity index (χ4n) is 3.99. The van der Waals surface area contributed by atoms with Crippen LogP contribution in [0.25, 0.3) is 10.2 Å². The number of nitrogens with one attached hydrogen (secondary N) is 2. The lowest BCUT2D eigenvalue weighted by molar-refractivity contribution is 0.0932. The maximum atomic E-state index is 12.8. The number of rotatable bonds is 4. The number of H-pyrrole nitrogens is 1. The van der Waals surface area contributed by atoms with E-state index in [9.17, 15) is 4.79 Å². The van der Waals surface area contributed by atoms with Gasteiger partial charge in [-0.05, 0) is 51.8 Å². The summed E-state index contributed by atoms with van der Waals surface area (Å²) in [5, 5.41) is 3.24. The van der Waals surface area contributed by atoms with Crippen molar-refractivity contribution in [2.24, 2.45) is 0 Å². The number of likely N-dealkylation sites (tertiary alicyclic amines) is 1. The van der Waals surface area contributed by atoms with Gasteiger partial charge in [-0.25, -0.2) is 0 Å². The Bertz CT molecular complexity index is 705. The number of amides is 1. The SMILES string of the molecule is Cc1cc2[nH]c(C(=O)NC3CCCC3)c(CN3CCCC3)c2s1. The van der Waals surface area contributed by atoms with Crippen LogP contribution in [0.1, 0.15) is 59.5 Å². The second-order valence-corrected chi connectivity index (χ2v) is 8.27. The Morgan fingerprint density at radius 1 is 1.30 bits per heavy atom. The molecule has 4 rings (SSSR count). The van der Waals surface area contributed by atoms with Crippen LogP contribution in [0.4, 0.5) is 0 Å². The lowest BCUT2D eigenvalue weighted by Gasteiger charge is -2.16. The summed E-state index contributed by atoms with van der Waals surface area (Å²) in [7, 11) is 0. The summed E-state index contributed by atoms with van der Waals surface area (Å²) >= 11 is 1.81. The van der Waals surface area contributed by atoms with Crippen LogP contribution >= 0.6 is 11.3 Å². The molecule has 1 amide bonds. The van der Waals surface area contributed by atoms with E-state index in [0.717, 1.165) is 43.7 Å². The van der Waals surface area contributed by atoms with E-state index in [-0.39, 0.29) is 5.91 Å². The molecule has 0 radical (unpaired) electrons. The number of aromatic nitrogens is 1. The van der Waals surface area contributed by atoms with E-state index in [1.165, 1.54) is 40.8 Å². The van der Waals surface area contributed by atoms with Crippen molar-refractivity contribution in [1.29, 1.82) is 0 Å². The molecule has 2 aromatic heterocycles. The first kappa shape index (κ1) is 15.2. The van der Waals surface area contributed by atoms with Crippen molar-refractivity contribution in [2.75, 3.05) is 13.1 Å². The molecule has 1 saturated heterocycles. The molecule has 1 aliphatic carbocycles. The average Bonchev–Trinajstić information content (AvgIpc) is 3.26. The zero-order chi connectivity index (χ0) is 15.8. The van der Waals surface area contributed by atoms with E-state index in [2.05, 4.69) is 28.2 Å². The van der Waals surface area contributed by atoms with Crippen LogP contribution in [-0.4, -0.2) is 34.9 Å². The first-order chi connectivity index (χ1) is 11.2. The summed E-state index contributed by atoms with van der Waals surface area (Å²) in [6, 6.07) is 2.53. The van der Waals surface area contributed by atoms with Gasteiger partial charge in [-0.2, -0.15) is 0 Å². The smallest absolute Gasteiger partial charge is 0.268 e. The molecule has 2 aromatic rings. The zero-order valence-corrected chi connectivity index (χ0v) is 14.6. The molecule has 1 saturated carbocycles. The van der Waals surface area contributed by atoms with Gasteiger partial charge in [0.1, 0.15) is 5.69 Å². The molecule has 2 fully saturated rings. The summed E-state index contributed by atoms with van der Waals surface area (Å²) in [5.41, 5.74) is 3.12. The van der Waals surface area contributed by atoms with Crippen molar-refractivity contribution in [1.82, 2.24) is 15.2 Å². The number of fused-ring (bicyclic) bond motifs is 1. The molecule has 5 heteroatoms. The molecule has 2 N–H and O–H groups in total. The Labute approximate surface area is 141 Å². The Kier molecular flexibility index (Phi) is 4.16. The third-order valence-electron chi connectivity index (χ3n) is 5.19. The molecule has 23 heavy (non-hydrogen) atoms. The average molecular weight is 331 g/mol. The van der Waals surface area contributed by atoms with Crippen LogP contribution in [-0.2, 0) is 6.54 Å². The van der Waals surface area contributed by atoms with E-state index in [1.54, 1.807) is 11.3 Å². The number of nitrogens with zero attached hydrogens (tertiary/aromatic N) is 1. The zero-order valence-electron chi connectivity index (χ0n) is 13.8. The fourth-order valence-corrected chi connectivity index (χ4v) is 5.00. The molecule has 0 spiro atoms. The first-order valence-electron chi connectivity index (χ1n) is 8.85. The molecule has 3 heterocycles. The molecular weight excluding hydrogens is 306 g/mol. The molecule has 0 aromatic carbocycles. The predicted octanol–water partition coefficient (Wildman–Crippen LogP) is 3.81. The van der Waals surface area contributed by atoms with Crippen molar-refractivity contribution < 1.29 is 4.79 Å². The van der Waals surface area contributed by atoms with Crippen LogP contribution < -0.4 is 5.32 Å². The molecule has 0 bridgehead atoms. The highest BCUT2D eigenvalue weighted by Crippen LogP contribution is 2.32. The predicted molar refractivity (Wildman–Crippen MR) is 95.1 cm³/mol. The molecular formula is C18H25N3OS. The minimum absolute atomic E-state index is 0.0900. The van der Waals surface area contributed by atoms with Crippen molar-refractivity contribution in [2.45, 2.75) is 58.0 Å². The highest BCUT2D eigenvalue weighted by Gasteiger charge is 2.25. The number of carbonyl (C=O) groups is 1. The van der Waals surface area contributed by atoms with Gasteiger partial charge in [-0.15, -0.1) is 11.3 Å². The number of carbonyl (C=O) groups excluding carboxylic acids is 1. The largest absolute Gasteiger partial charge is 0.350 e. The van der Waals surface area contributed by atoms with Gasteiger partial charge in [0.15, 0.2) is 0 Å². The van der Waals surface area contributed by atoms with Gasteiger partial charge in [-0.3, -0.25) is 9.69 Å². The Balaban J connectivity index is 1.63. The van der Waals surface area contributed by atoms with Gasteiger partial charge < -0.3 is 10.3 Å². The normalized spacial score (nSPS) is 19.9. The summed E-state index contributed by atoms with van der Waals surface area (Å²) in [4.78, 5) is 20.0. The number of hydrogen-bond donors (Lipinski definition) is 2. The quantitative estimate of drug-likeness (QED) is 0.895. The lowest BCUT2D eigenvalue weighted by Crippen LogP contribution is -2.33. The summed E-state index contributed by atoms with van der Waals surface area (Å²) < 4.78 is 1.27. The van der Waals surface area contributed by atoms with Crippen LogP contribution in [0.15, 0.2) is 6.07 Å². The van der Waals surface area contributed by atoms with Gasteiger partial charge >= 0.3 is 0 Å². The fraction of sp³-hybridized carbons (Fsp3) is 0.611. The van der Waals surface area contributed by atoms with Gasteiger partial charge in [-0.1, -0.05) is 12.8 Å². The van der Waals surface area contributed by atoms with E-state index < -0.39 is 0 Å². The van der Waals surface area contributed by atoms with Crippen molar-refractivity contribution in [3.8, 4) is 0 Å².